The van der Waals surface area contributed by atoms with Crippen molar-refractivity contribution in [1.29, 1.82) is 0 Å². The molecule has 0 aromatic heterocycles. The first kappa shape index (κ1) is 9.04. The lowest BCUT2D eigenvalue weighted by Crippen LogP contribution is -2.00. The van der Waals surface area contributed by atoms with E-state index in [0.29, 0.717) is 0 Å². The molecule has 0 aliphatic heterocycles. The number of rotatable bonds is 1. The number of hydrogen-bond donors (Lipinski definition) is 2. The summed E-state index contributed by atoms with van der Waals surface area (Å²) < 4.78 is 0. The maximum absolute atomic E-state index is 8.31. The Morgan fingerprint density at radius 2 is 1.80 bits per heavy atom. The van der Waals surface area contributed by atoms with Crippen LogP contribution in [0.25, 0.3) is 0 Å². The molecule has 0 saturated heterocycles. The van der Waals surface area contributed by atoms with Crippen molar-refractivity contribution in [2.45, 2.75) is 26.1 Å². The topological polar surface area (TPSA) is 40.5 Å². The molecule has 0 spiro atoms. The number of aliphatic hydroxyl groups excluding tert-OH is 1. The Morgan fingerprint density at radius 3 is 2.30 bits per heavy atom. The average Bonchev–Trinajstić information content (AvgIpc) is 1.87. The van der Waals surface area contributed by atoms with E-state index in [1.165, 1.54) is 0 Å². The molecular weight excluding hydrogens is 128 g/mol. The van der Waals surface area contributed by atoms with Crippen LogP contribution in [0.2, 0.25) is 0 Å². The van der Waals surface area contributed by atoms with E-state index in [2.05, 4.69) is 23.7 Å². The second kappa shape index (κ2) is 6.16. The Bertz CT molecular complexity index is 185. The van der Waals surface area contributed by atoms with Crippen molar-refractivity contribution in [1.82, 2.24) is 0 Å². The van der Waals surface area contributed by atoms with Crippen LogP contribution in [-0.2, 0) is 0 Å². The normalized spacial score (nSPS) is 7.60. The Hall–Kier alpha value is -0.960. The van der Waals surface area contributed by atoms with E-state index in [9.17, 15) is 0 Å². The summed E-state index contributed by atoms with van der Waals surface area (Å²) in [6.07, 6.45) is -0.495. The second-order valence-corrected chi connectivity index (χ2v) is 1.64. The summed E-state index contributed by atoms with van der Waals surface area (Å²) in [6.45, 7) is 1.93. The van der Waals surface area contributed by atoms with Gasteiger partial charge in [0.05, 0.1) is 6.42 Å². The summed E-state index contributed by atoms with van der Waals surface area (Å²) >= 11 is 0. The van der Waals surface area contributed by atoms with Crippen LogP contribution in [0.5, 0.6) is 0 Å². The van der Waals surface area contributed by atoms with E-state index in [0.717, 1.165) is 6.42 Å². The largest absolute Gasteiger partial charge is 0.367 e. The molecule has 2 heteroatoms. The standard InChI is InChI=1S/C8H10O2/c1-2-3-4-5-6-7-8(9)10/h8-10H,2,7H2,1H3. The third-order valence-electron chi connectivity index (χ3n) is 0.701. The lowest BCUT2D eigenvalue weighted by atomic mass is 10.4. The molecule has 2 N–H and O–H groups in total. The molecular formula is C8H10O2. The van der Waals surface area contributed by atoms with Crippen molar-refractivity contribution in [2.24, 2.45) is 0 Å². The minimum atomic E-state index is -1.34. The van der Waals surface area contributed by atoms with Gasteiger partial charge in [-0.2, -0.15) is 0 Å². The van der Waals surface area contributed by atoms with Gasteiger partial charge in [0.2, 0.25) is 0 Å². The van der Waals surface area contributed by atoms with Crippen LogP contribution >= 0.6 is 0 Å². The predicted molar refractivity (Wildman–Crippen MR) is 38.7 cm³/mol. The van der Waals surface area contributed by atoms with Gasteiger partial charge in [-0.05, 0) is 11.8 Å². The highest BCUT2D eigenvalue weighted by molar-refractivity contribution is 5.25. The van der Waals surface area contributed by atoms with Crippen molar-refractivity contribution in [2.75, 3.05) is 0 Å². The molecule has 0 atom stereocenters. The second-order valence-electron chi connectivity index (χ2n) is 1.64. The van der Waals surface area contributed by atoms with Crippen LogP contribution in [0.4, 0.5) is 0 Å². The zero-order valence-corrected chi connectivity index (χ0v) is 5.89. The predicted octanol–water partition coefficient (Wildman–Crippen LogP) is 0.104. The molecule has 0 saturated carbocycles. The Morgan fingerprint density at radius 1 is 1.20 bits per heavy atom. The zero-order chi connectivity index (χ0) is 7.82. The van der Waals surface area contributed by atoms with Crippen LogP contribution in [-0.4, -0.2) is 16.5 Å². The van der Waals surface area contributed by atoms with Crippen molar-refractivity contribution < 1.29 is 10.2 Å². The third kappa shape index (κ3) is 7.04. The fraction of sp³-hybridized carbons (Fsp3) is 0.500. The van der Waals surface area contributed by atoms with E-state index in [-0.39, 0.29) is 6.42 Å². The first-order valence-corrected chi connectivity index (χ1v) is 3.09. The molecule has 0 aromatic carbocycles. The Kier molecular flexibility index (Phi) is 5.57. The quantitative estimate of drug-likeness (QED) is 0.398. The SMILES string of the molecule is CCC#CC#CCC(O)O. The minimum Gasteiger partial charge on any atom is -0.367 e. The van der Waals surface area contributed by atoms with Crippen LogP contribution in [0.1, 0.15) is 19.8 Å². The van der Waals surface area contributed by atoms with Gasteiger partial charge in [-0.25, -0.2) is 0 Å². The monoisotopic (exact) mass is 138 g/mol. The Labute approximate surface area is 60.9 Å². The van der Waals surface area contributed by atoms with Crippen LogP contribution < -0.4 is 0 Å². The molecule has 0 amide bonds. The molecule has 54 valence electrons. The molecule has 2 nitrogen and oxygen atoms in total. The summed E-state index contributed by atoms with van der Waals surface area (Å²) in [7, 11) is 0. The fourth-order valence-corrected chi connectivity index (χ4v) is 0.319. The summed E-state index contributed by atoms with van der Waals surface area (Å²) in [5.74, 6) is 10.3. The van der Waals surface area contributed by atoms with Crippen LogP contribution in [0.3, 0.4) is 0 Å². The maximum atomic E-state index is 8.31. The van der Waals surface area contributed by atoms with Gasteiger partial charge in [0, 0.05) is 6.42 Å². The molecule has 0 rings (SSSR count). The van der Waals surface area contributed by atoms with E-state index in [4.69, 9.17) is 10.2 Å². The molecule has 10 heavy (non-hydrogen) atoms. The molecule has 0 heterocycles. The zero-order valence-electron chi connectivity index (χ0n) is 5.89. The molecule has 0 fully saturated rings. The van der Waals surface area contributed by atoms with Gasteiger partial charge in [0.25, 0.3) is 0 Å². The van der Waals surface area contributed by atoms with Crippen LogP contribution in [0.15, 0.2) is 0 Å². The molecule has 0 aliphatic rings. The highest BCUT2D eigenvalue weighted by Crippen LogP contribution is 1.79. The number of hydrogen-bond acceptors (Lipinski definition) is 2. The summed E-state index contributed by atoms with van der Waals surface area (Å²) in [5.41, 5.74) is 0. The highest BCUT2D eigenvalue weighted by atomic mass is 16.5. The van der Waals surface area contributed by atoms with Crippen molar-refractivity contribution in [3.8, 4) is 23.7 Å². The molecule has 0 bridgehead atoms. The van der Waals surface area contributed by atoms with E-state index < -0.39 is 6.29 Å². The average molecular weight is 138 g/mol. The summed E-state index contributed by atoms with van der Waals surface area (Å²) in [6, 6.07) is 0. The summed E-state index contributed by atoms with van der Waals surface area (Å²) in [4.78, 5) is 0. The smallest absolute Gasteiger partial charge is 0.162 e. The van der Waals surface area contributed by atoms with Crippen LogP contribution in [0, 0.1) is 23.7 Å². The van der Waals surface area contributed by atoms with Gasteiger partial charge < -0.3 is 10.2 Å². The first-order chi connectivity index (χ1) is 4.77. The minimum absolute atomic E-state index is 0.0679. The molecule has 0 radical (unpaired) electrons. The summed E-state index contributed by atoms with van der Waals surface area (Å²) in [5, 5.41) is 16.6. The van der Waals surface area contributed by atoms with Gasteiger partial charge in [-0.3, -0.25) is 0 Å². The van der Waals surface area contributed by atoms with Gasteiger partial charge in [-0.1, -0.05) is 18.8 Å². The van der Waals surface area contributed by atoms with Gasteiger partial charge in [0.15, 0.2) is 6.29 Å². The van der Waals surface area contributed by atoms with Crippen molar-refractivity contribution >= 4 is 0 Å². The van der Waals surface area contributed by atoms with E-state index in [1.54, 1.807) is 0 Å². The Balaban J connectivity index is 3.50. The number of aliphatic hydroxyl groups is 2. The highest BCUT2D eigenvalue weighted by Gasteiger charge is 1.88. The van der Waals surface area contributed by atoms with E-state index in [1.807, 2.05) is 6.92 Å². The molecule has 0 aromatic rings. The van der Waals surface area contributed by atoms with Gasteiger partial charge >= 0.3 is 0 Å². The van der Waals surface area contributed by atoms with Crippen molar-refractivity contribution in [3.05, 3.63) is 0 Å². The van der Waals surface area contributed by atoms with Gasteiger partial charge in [-0.15, -0.1) is 0 Å². The fourth-order valence-electron chi connectivity index (χ4n) is 0.319. The lowest BCUT2D eigenvalue weighted by Gasteiger charge is -1.90. The first-order valence-electron chi connectivity index (χ1n) is 3.09. The maximum Gasteiger partial charge on any atom is 0.162 e. The van der Waals surface area contributed by atoms with E-state index >= 15 is 0 Å². The molecule has 0 aliphatic carbocycles. The third-order valence-corrected chi connectivity index (χ3v) is 0.701. The molecule has 0 unspecified atom stereocenters. The van der Waals surface area contributed by atoms with Crippen molar-refractivity contribution in [3.63, 3.8) is 0 Å². The van der Waals surface area contributed by atoms with Gasteiger partial charge in [0.1, 0.15) is 0 Å². The lowest BCUT2D eigenvalue weighted by molar-refractivity contribution is -0.0344.